The van der Waals surface area contributed by atoms with Crippen LogP contribution in [-0.4, -0.2) is 58.5 Å². The quantitative estimate of drug-likeness (QED) is 0.633. The third kappa shape index (κ3) is 5.42. The van der Waals surface area contributed by atoms with Crippen LogP contribution < -0.4 is 14.9 Å². The summed E-state index contributed by atoms with van der Waals surface area (Å²) in [6.07, 6.45) is 0. The lowest BCUT2D eigenvalue weighted by Gasteiger charge is -2.31. The van der Waals surface area contributed by atoms with Gasteiger partial charge in [-0.1, -0.05) is 26.0 Å². The molecular formula is C24H34N4O3S. The number of carbonyl (C=O) groups excluding carboxylic acids is 1. The number of carbonyl (C=O) groups is 1. The van der Waals surface area contributed by atoms with Gasteiger partial charge in [-0.25, -0.2) is 8.42 Å². The molecule has 1 saturated heterocycles. The lowest BCUT2D eigenvalue weighted by Crippen LogP contribution is -2.43. The predicted molar refractivity (Wildman–Crippen MR) is 130 cm³/mol. The molecule has 7 nitrogen and oxygen atoms in total. The highest BCUT2D eigenvalue weighted by Gasteiger charge is 2.22. The molecule has 0 spiro atoms. The van der Waals surface area contributed by atoms with Crippen molar-refractivity contribution in [2.75, 3.05) is 48.9 Å². The summed E-state index contributed by atoms with van der Waals surface area (Å²) >= 11 is 0. The van der Waals surface area contributed by atoms with Crippen LogP contribution in [0.4, 0.5) is 11.4 Å². The Hall–Kier alpha value is -2.58. The average Bonchev–Trinajstić information content (AvgIpc) is 2.80. The number of benzene rings is 2. The maximum Gasteiger partial charge on any atom is 0.261 e. The zero-order valence-corrected chi connectivity index (χ0v) is 20.2. The Kier molecular flexibility index (Phi) is 7.79. The van der Waals surface area contributed by atoms with Gasteiger partial charge in [0.05, 0.1) is 16.3 Å². The fraction of sp³-hybridized carbons (Fsp3) is 0.458. The summed E-state index contributed by atoms with van der Waals surface area (Å²) in [4.78, 5) is 17.0. The van der Waals surface area contributed by atoms with Crippen molar-refractivity contribution < 1.29 is 13.2 Å². The highest BCUT2D eigenvalue weighted by atomic mass is 32.2. The number of anilines is 2. The van der Waals surface area contributed by atoms with Crippen molar-refractivity contribution in [3.8, 4) is 0 Å². The van der Waals surface area contributed by atoms with Crippen molar-refractivity contribution in [2.24, 2.45) is 0 Å². The van der Waals surface area contributed by atoms with E-state index in [9.17, 15) is 13.2 Å². The van der Waals surface area contributed by atoms with Crippen molar-refractivity contribution in [1.82, 2.24) is 10.2 Å². The number of amides is 1. The normalized spacial score (nSPS) is 14.5. The fourth-order valence-corrected chi connectivity index (χ4v) is 4.93. The van der Waals surface area contributed by atoms with Gasteiger partial charge in [0.1, 0.15) is 0 Å². The van der Waals surface area contributed by atoms with E-state index in [4.69, 9.17) is 0 Å². The summed E-state index contributed by atoms with van der Waals surface area (Å²) in [5.74, 6) is 0.213. The molecule has 1 aliphatic rings. The van der Waals surface area contributed by atoms with Crippen LogP contribution >= 0.6 is 0 Å². The number of hydrogen-bond acceptors (Lipinski definition) is 5. The Bertz CT molecular complexity index is 1030. The molecule has 0 aliphatic carbocycles. The molecule has 32 heavy (non-hydrogen) atoms. The third-order valence-electron chi connectivity index (χ3n) is 5.85. The molecule has 1 aliphatic heterocycles. The Balaban J connectivity index is 1.98. The summed E-state index contributed by atoms with van der Waals surface area (Å²) in [6, 6.07) is 12.3. The maximum absolute atomic E-state index is 13.2. The van der Waals surface area contributed by atoms with Gasteiger partial charge < -0.3 is 15.1 Å². The van der Waals surface area contributed by atoms with Gasteiger partial charge in [-0.15, -0.1) is 0 Å². The Morgan fingerprint density at radius 2 is 1.69 bits per heavy atom. The second-order valence-corrected chi connectivity index (χ2v) is 9.96. The highest BCUT2D eigenvalue weighted by molar-refractivity contribution is 7.92. The second kappa shape index (κ2) is 10.4. The van der Waals surface area contributed by atoms with Crippen LogP contribution in [0.15, 0.2) is 47.4 Å². The number of nitrogens with zero attached hydrogens (tertiary/aromatic N) is 2. The number of nitrogens with one attached hydrogen (secondary N) is 2. The molecular weight excluding hydrogens is 424 g/mol. The van der Waals surface area contributed by atoms with Crippen molar-refractivity contribution in [2.45, 2.75) is 38.5 Å². The largest absolute Gasteiger partial charge is 0.367 e. The van der Waals surface area contributed by atoms with Crippen LogP contribution in [0.3, 0.4) is 0 Å². The molecule has 0 bridgehead atoms. The van der Waals surface area contributed by atoms with Crippen molar-refractivity contribution in [1.29, 1.82) is 0 Å². The number of hydrogen-bond donors (Lipinski definition) is 2. The molecule has 0 atom stereocenters. The number of sulfonamides is 1. The monoisotopic (exact) mass is 458 g/mol. The van der Waals surface area contributed by atoms with E-state index in [0.29, 0.717) is 30.3 Å². The predicted octanol–water partition coefficient (Wildman–Crippen LogP) is 3.50. The molecule has 1 amide bonds. The summed E-state index contributed by atoms with van der Waals surface area (Å²) in [6.45, 7) is 12.4. The molecule has 174 valence electrons. The molecule has 2 aromatic carbocycles. The average molecular weight is 459 g/mol. The van der Waals surface area contributed by atoms with Crippen LogP contribution in [0.5, 0.6) is 0 Å². The van der Waals surface area contributed by atoms with Crippen LogP contribution in [0.25, 0.3) is 0 Å². The Morgan fingerprint density at radius 1 is 1.06 bits per heavy atom. The number of piperazine rings is 1. The maximum atomic E-state index is 13.2. The van der Waals surface area contributed by atoms with Gasteiger partial charge in [0, 0.05) is 44.8 Å². The minimum Gasteiger partial charge on any atom is -0.367 e. The minimum atomic E-state index is -3.81. The van der Waals surface area contributed by atoms with Crippen LogP contribution in [-0.2, 0) is 10.0 Å². The SMILES string of the molecule is CCN(CC)C(=O)c1ccc(N2CCNCC2)c(NS(=O)(=O)c2ccc(C(C)C)cc2)c1. The molecule has 1 heterocycles. The standard InChI is InChI=1S/C24H34N4O3S/c1-5-27(6-2)24(29)20-9-12-23(28-15-13-25-14-16-28)22(17-20)26-32(30,31)21-10-7-19(8-11-21)18(3)4/h7-12,17-18,25-26H,5-6,13-16H2,1-4H3. The lowest BCUT2D eigenvalue weighted by molar-refractivity contribution is 0.0773. The van der Waals surface area contributed by atoms with Crippen LogP contribution in [0.2, 0.25) is 0 Å². The Labute approximate surface area is 191 Å². The molecule has 0 unspecified atom stereocenters. The van der Waals surface area contributed by atoms with Crippen molar-refractivity contribution >= 4 is 27.3 Å². The summed E-state index contributed by atoms with van der Waals surface area (Å²) in [5.41, 5.74) is 2.76. The van der Waals surface area contributed by atoms with E-state index in [-0.39, 0.29) is 10.8 Å². The third-order valence-corrected chi connectivity index (χ3v) is 7.23. The van der Waals surface area contributed by atoms with Crippen LogP contribution in [0, 0.1) is 0 Å². The first-order chi connectivity index (χ1) is 15.3. The van der Waals surface area contributed by atoms with E-state index in [1.165, 1.54) is 0 Å². The summed E-state index contributed by atoms with van der Waals surface area (Å²) in [7, 11) is -3.81. The molecule has 0 aromatic heterocycles. The van der Waals surface area contributed by atoms with Gasteiger partial charge in [0.2, 0.25) is 0 Å². The zero-order valence-electron chi connectivity index (χ0n) is 19.4. The van der Waals surface area contributed by atoms with E-state index in [1.54, 1.807) is 29.2 Å². The Morgan fingerprint density at radius 3 is 2.25 bits per heavy atom. The lowest BCUT2D eigenvalue weighted by atomic mass is 10.0. The molecule has 1 fully saturated rings. The van der Waals surface area contributed by atoms with Crippen molar-refractivity contribution in [3.63, 3.8) is 0 Å². The highest BCUT2D eigenvalue weighted by Crippen LogP contribution is 2.31. The van der Waals surface area contributed by atoms with E-state index in [0.717, 1.165) is 37.4 Å². The molecule has 8 heteroatoms. The topological polar surface area (TPSA) is 81.8 Å². The summed E-state index contributed by atoms with van der Waals surface area (Å²) < 4.78 is 29.2. The van der Waals surface area contributed by atoms with E-state index >= 15 is 0 Å². The van der Waals surface area contributed by atoms with E-state index in [2.05, 4.69) is 28.8 Å². The molecule has 0 radical (unpaired) electrons. The van der Waals surface area contributed by atoms with E-state index < -0.39 is 10.0 Å². The van der Waals surface area contributed by atoms with Gasteiger partial charge in [-0.3, -0.25) is 9.52 Å². The van der Waals surface area contributed by atoms with Gasteiger partial charge in [0.25, 0.3) is 15.9 Å². The van der Waals surface area contributed by atoms with Crippen LogP contribution in [0.1, 0.15) is 49.5 Å². The van der Waals surface area contributed by atoms with E-state index in [1.807, 2.05) is 32.0 Å². The first-order valence-electron chi connectivity index (χ1n) is 11.3. The first-order valence-corrected chi connectivity index (χ1v) is 12.8. The minimum absolute atomic E-state index is 0.108. The van der Waals surface area contributed by atoms with Gasteiger partial charge in [-0.05, 0) is 55.7 Å². The summed E-state index contributed by atoms with van der Waals surface area (Å²) in [5, 5.41) is 3.31. The molecule has 2 N–H and O–H groups in total. The van der Waals surface area contributed by atoms with Gasteiger partial charge in [-0.2, -0.15) is 0 Å². The molecule has 3 rings (SSSR count). The molecule has 2 aromatic rings. The number of rotatable bonds is 8. The molecule has 0 saturated carbocycles. The van der Waals surface area contributed by atoms with Crippen molar-refractivity contribution in [3.05, 3.63) is 53.6 Å². The fourth-order valence-electron chi connectivity index (χ4n) is 3.86. The van der Waals surface area contributed by atoms with Gasteiger partial charge >= 0.3 is 0 Å². The first kappa shape index (κ1) is 24.1. The smallest absolute Gasteiger partial charge is 0.261 e. The zero-order chi connectivity index (χ0) is 23.3. The second-order valence-electron chi connectivity index (χ2n) is 8.28. The van der Waals surface area contributed by atoms with Gasteiger partial charge in [0.15, 0.2) is 0 Å².